The second kappa shape index (κ2) is 6.06. The quantitative estimate of drug-likeness (QED) is 0.569. The molecule has 1 saturated heterocycles. The molecule has 0 radical (unpaired) electrons. The van der Waals surface area contributed by atoms with Crippen molar-refractivity contribution in [3.8, 4) is 12.3 Å². The van der Waals surface area contributed by atoms with Gasteiger partial charge in [-0.05, 0) is 12.8 Å². The average Bonchev–Trinajstić information content (AvgIpc) is 2.96. The summed E-state index contributed by atoms with van der Waals surface area (Å²) in [4.78, 5) is 38.0. The molecule has 2 fully saturated rings. The summed E-state index contributed by atoms with van der Waals surface area (Å²) in [6.45, 7) is -0.277. The van der Waals surface area contributed by atoms with E-state index in [1.165, 1.54) is 9.80 Å². The molecular formula is C14H18N2O4. The number of likely N-dealkylation sites (tertiary alicyclic amines) is 1. The van der Waals surface area contributed by atoms with E-state index < -0.39 is 12.0 Å². The number of terminal acetylenes is 1. The predicted molar refractivity (Wildman–Crippen MR) is 70.6 cm³/mol. The summed E-state index contributed by atoms with van der Waals surface area (Å²) in [6.07, 6.45) is 8.99. The molecule has 1 N–H and O–H groups in total. The summed E-state index contributed by atoms with van der Waals surface area (Å²) in [6, 6.07) is -0.743. The zero-order valence-corrected chi connectivity index (χ0v) is 11.2. The summed E-state index contributed by atoms with van der Waals surface area (Å²) < 4.78 is 0. The van der Waals surface area contributed by atoms with Crippen molar-refractivity contribution in [3.05, 3.63) is 0 Å². The maximum atomic E-state index is 12.4. The molecule has 0 spiro atoms. The first kappa shape index (κ1) is 14.5. The van der Waals surface area contributed by atoms with E-state index in [1.807, 2.05) is 0 Å². The third-order valence-electron chi connectivity index (χ3n) is 3.92. The molecule has 6 nitrogen and oxygen atoms in total. The Balaban J connectivity index is 2.12. The zero-order valence-electron chi connectivity index (χ0n) is 11.2. The van der Waals surface area contributed by atoms with Gasteiger partial charge in [0.25, 0.3) is 0 Å². The first-order chi connectivity index (χ1) is 9.54. The molecule has 0 bridgehead atoms. The van der Waals surface area contributed by atoms with Crippen molar-refractivity contribution in [3.63, 3.8) is 0 Å². The number of amides is 2. The molecule has 2 amide bonds. The Morgan fingerprint density at radius 1 is 1.40 bits per heavy atom. The highest BCUT2D eigenvalue weighted by molar-refractivity contribution is 6.06. The lowest BCUT2D eigenvalue weighted by Crippen LogP contribution is -2.46. The molecule has 0 aromatic rings. The van der Waals surface area contributed by atoms with Crippen LogP contribution in [-0.4, -0.2) is 57.9 Å². The van der Waals surface area contributed by atoms with Crippen LogP contribution in [0.3, 0.4) is 0 Å². The smallest absolute Gasteiger partial charge is 0.317 e. The van der Waals surface area contributed by atoms with Crippen LogP contribution in [0, 0.1) is 12.3 Å². The van der Waals surface area contributed by atoms with Crippen LogP contribution in [0.25, 0.3) is 0 Å². The minimum Gasteiger partial charge on any atom is -0.480 e. The lowest BCUT2D eigenvalue weighted by Gasteiger charge is -2.25. The summed E-state index contributed by atoms with van der Waals surface area (Å²) in [5.41, 5.74) is 0. The van der Waals surface area contributed by atoms with Crippen LogP contribution in [0.15, 0.2) is 0 Å². The number of hydrogen-bond donors (Lipinski definition) is 1. The summed E-state index contributed by atoms with van der Waals surface area (Å²) in [7, 11) is 0. The SMILES string of the molecule is C#CCN(CC(=O)O)C1CC(=O)N(C2CCCC2)C1=O. The van der Waals surface area contributed by atoms with E-state index in [-0.39, 0.29) is 37.4 Å². The number of aliphatic carboxylic acids is 1. The van der Waals surface area contributed by atoms with Crippen LogP contribution >= 0.6 is 0 Å². The Hall–Kier alpha value is -1.87. The van der Waals surface area contributed by atoms with Gasteiger partial charge >= 0.3 is 5.97 Å². The monoisotopic (exact) mass is 278 g/mol. The van der Waals surface area contributed by atoms with Gasteiger partial charge in [-0.2, -0.15) is 0 Å². The van der Waals surface area contributed by atoms with Gasteiger partial charge in [0.05, 0.1) is 25.6 Å². The molecule has 1 heterocycles. The molecule has 1 unspecified atom stereocenters. The van der Waals surface area contributed by atoms with Gasteiger partial charge in [-0.3, -0.25) is 24.2 Å². The maximum Gasteiger partial charge on any atom is 0.317 e. The molecular weight excluding hydrogens is 260 g/mol. The maximum absolute atomic E-state index is 12.4. The van der Waals surface area contributed by atoms with E-state index in [0.717, 1.165) is 25.7 Å². The van der Waals surface area contributed by atoms with Crippen molar-refractivity contribution in [2.45, 2.75) is 44.2 Å². The Labute approximate surface area is 117 Å². The topological polar surface area (TPSA) is 77.9 Å². The Bertz CT molecular complexity index is 462. The molecule has 1 aliphatic heterocycles. The zero-order chi connectivity index (χ0) is 14.7. The van der Waals surface area contributed by atoms with Gasteiger partial charge in [-0.25, -0.2) is 0 Å². The lowest BCUT2D eigenvalue weighted by molar-refractivity contribution is -0.142. The van der Waals surface area contributed by atoms with Gasteiger partial charge in [0.15, 0.2) is 0 Å². The number of rotatable bonds is 5. The average molecular weight is 278 g/mol. The number of carboxylic acid groups (broad SMARTS) is 1. The first-order valence-corrected chi connectivity index (χ1v) is 6.79. The number of imide groups is 1. The van der Waals surface area contributed by atoms with Crippen molar-refractivity contribution in [2.75, 3.05) is 13.1 Å². The molecule has 0 aromatic heterocycles. The van der Waals surface area contributed by atoms with E-state index in [1.54, 1.807) is 0 Å². The number of carbonyl (C=O) groups is 3. The number of nitrogens with zero attached hydrogens (tertiary/aromatic N) is 2. The minimum atomic E-state index is -1.06. The Morgan fingerprint density at radius 3 is 2.60 bits per heavy atom. The van der Waals surface area contributed by atoms with Crippen LogP contribution in [0.1, 0.15) is 32.1 Å². The predicted octanol–water partition coefficient (Wildman–Crippen LogP) is 0.0763. The molecule has 0 aromatic carbocycles. The second-order valence-corrected chi connectivity index (χ2v) is 5.26. The van der Waals surface area contributed by atoms with Gasteiger partial charge in [-0.1, -0.05) is 18.8 Å². The first-order valence-electron chi connectivity index (χ1n) is 6.79. The van der Waals surface area contributed by atoms with Gasteiger partial charge in [0.2, 0.25) is 11.8 Å². The van der Waals surface area contributed by atoms with Crippen molar-refractivity contribution in [2.24, 2.45) is 0 Å². The van der Waals surface area contributed by atoms with Crippen molar-refractivity contribution in [1.82, 2.24) is 9.80 Å². The molecule has 1 atom stereocenters. The van der Waals surface area contributed by atoms with Crippen LogP contribution in [0.4, 0.5) is 0 Å². The van der Waals surface area contributed by atoms with Crippen LogP contribution in [-0.2, 0) is 14.4 Å². The minimum absolute atomic E-state index is 0.0162. The van der Waals surface area contributed by atoms with Crippen molar-refractivity contribution < 1.29 is 19.5 Å². The highest BCUT2D eigenvalue weighted by Gasteiger charge is 2.45. The van der Waals surface area contributed by atoms with Gasteiger partial charge in [-0.15, -0.1) is 6.42 Å². The summed E-state index contributed by atoms with van der Waals surface area (Å²) in [5, 5.41) is 8.88. The fraction of sp³-hybridized carbons (Fsp3) is 0.643. The molecule has 6 heteroatoms. The fourth-order valence-electron chi connectivity index (χ4n) is 3.03. The second-order valence-electron chi connectivity index (χ2n) is 5.26. The van der Waals surface area contributed by atoms with Crippen LogP contribution in [0.2, 0.25) is 0 Å². The van der Waals surface area contributed by atoms with E-state index in [2.05, 4.69) is 5.92 Å². The highest BCUT2D eigenvalue weighted by Crippen LogP contribution is 2.29. The molecule has 1 saturated carbocycles. The van der Waals surface area contributed by atoms with Crippen LogP contribution < -0.4 is 0 Å². The third-order valence-corrected chi connectivity index (χ3v) is 3.92. The van der Waals surface area contributed by atoms with E-state index >= 15 is 0 Å². The molecule has 2 aliphatic rings. The third kappa shape index (κ3) is 2.83. The molecule has 108 valence electrons. The molecule has 20 heavy (non-hydrogen) atoms. The van der Waals surface area contributed by atoms with Gasteiger partial charge < -0.3 is 5.11 Å². The highest BCUT2D eigenvalue weighted by atomic mass is 16.4. The number of carbonyl (C=O) groups excluding carboxylic acids is 2. The van der Waals surface area contributed by atoms with Crippen molar-refractivity contribution in [1.29, 1.82) is 0 Å². The van der Waals surface area contributed by atoms with Gasteiger partial charge in [0.1, 0.15) is 0 Å². The lowest BCUT2D eigenvalue weighted by atomic mass is 10.2. The molecule has 1 aliphatic carbocycles. The standard InChI is InChI=1S/C14H18N2O4/c1-2-7-15(9-13(18)19)11-8-12(17)16(14(11)20)10-5-3-4-6-10/h1,10-11H,3-9H2,(H,18,19). The van der Waals surface area contributed by atoms with E-state index in [4.69, 9.17) is 11.5 Å². The van der Waals surface area contributed by atoms with E-state index in [0.29, 0.717) is 0 Å². The number of hydrogen-bond acceptors (Lipinski definition) is 4. The van der Waals surface area contributed by atoms with Gasteiger partial charge in [0, 0.05) is 6.04 Å². The van der Waals surface area contributed by atoms with E-state index in [9.17, 15) is 14.4 Å². The van der Waals surface area contributed by atoms with Crippen LogP contribution in [0.5, 0.6) is 0 Å². The largest absolute Gasteiger partial charge is 0.480 e. The fourth-order valence-corrected chi connectivity index (χ4v) is 3.03. The Kier molecular flexibility index (Phi) is 4.40. The summed E-state index contributed by atoms with van der Waals surface area (Å²) in [5.74, 6) is 0.793. The van der Waals surface area contributed by atoms with Crippen molar-refractivity contribution >= 4 is 17.8 Å². The summed E-state index contributed by atoms with van der Waals surface area (Å²) >= 11 is 0. The molecule has 2 rings (SSSR count). The number of carboxylic acids is 1. The Morgan fingerprint density at radius 2 is 2.05 bits per heavy atom. The normalized spacial score (nSPS) is 23.6.